The summed E-state index contributed by atoms with van der Waals surface area (Å²) >= 11 is 3.37. The molecule has 2 amide bonds. The van der Waals surface area contributed by atoms with E-state index in [9.17, 15) is 9.59 Å². The van der Waals surface area contributed by atoms with Crippen molar-refractivity contribution in [2.75, 3.05) is 5.32 Å². The maximum absolute atomic E-state index is 12.5. The number of rotatable bonds is 6. The number of hydrogen-bond acceptors (Lipinski definition) is 3. The summed E-state index contributed by atoms with van der Waals surface area (Å²) in [6.45, 7) is 2.20. The number of benzene rings is 2. The number of imidazole rings is 1. The maximum Gasteiger partial charge on any atom is 0.244 e. The lowest BCUT2D eigenvalue weighted by atomic mass is 10.3. The van der Waals surface area contributed by atoms with E-state index in [1.807, 2.05) is 53.1 Å². The summed E-state index contributed by atoms with van der Waals surface area (Å²) in [7, 11) is 0. The highest BCUT2D eigenvalue weighted by Gasteiger charge is 2.14. The Morgan fingerprint density at radius 2 is 1.81 bits per heavy atom. The first-order valence-electron chi connectivity index (χ1n) is 8.33. The molecule has 1 aromatic heterocycles. The molecule has 0 atom stereocenters. The van der Waals surface area contributed by atoms with Crippen LogP contribution in [0.1, 0.15) is 19.2 Å². The van der Waals surface area contributed by atoms with Gasteiger partial charge in [-0.25, -0.2) is 4.98 Å². The van der Waals surface area contributed by atoms with Crippen molar-refractivity contribution < 1.29 is 9.59 Å². The second-order valence-corrected chi connectivity index (χ2v) is 6.70. The van der Waals surface area contributed by atoms with Crippen molar-refractivity contribution >= 4 is 44.5 Å². The van der Waals surface area contributed by atoms with Gasteiger partial charge in [0.25, 0.3) is 0 Å². The van der Waals surface area contributed by atoms with Crippen molar-refractivity contribution in [3.63, 3.8) is 0 Å². The van der Waals surface area contributed by atoms with Crippen molar-refractivity contribution in [3.8, 4) is 0 Å². The Hall–Kier alpha value is -2.67. The van der Waals surface area contributed by atoms with E-state index in [0.29, 0.717) is 12.2 Å². The minimum atomic E-state index is -0.154. The van der Waals surface area contributed by atoms with E-state index in [1.165, 1.54) is 0 Å². The summed E-state index contributed by atoms with van der Waals surface area (Å²) in [5, 5.41) is 5.70. The number of nitrogens with one attached hydrogen (secondary N) is 2. The molecule has 3 rings (SSSR count). The summed E-state index contributed by atoms with van der Waals surface area (Å²) in [5.41, 5.74) is 2.38. The molecule has 6 nitrogen and oxygen atoms in total. The Morgan fingerprint density at radius 3 is 2.54 bits per heavy atom. The quantitative estimate of drug-likeness (QED) is 0.648. The van der Waals surface area contributed by atoms with Crippen LogP contribution >= 0.6 is 15.9 Å². The Kier molecular flexibility index (Phi) is 5.68. The summed E-state index contributed by atoms with van der Waals surface area (Å²) < 4.78 is 2.78. The van der Waals surface area contributed by atoms with E-state index in [4.69, 9.17) is 0 Å². The lowest BCUT2D eigenvalue weighted by Gasteiger charge is -2.11. The van der Waals surface area contributed by atoms with E-state index in [-0.39, 0.29) is 24.9 Å². The predicted molar refractivity (Wildman–Crippen MR) is 105 cm³/mol. The standard InChI is InChI=1S/C19H19BrN4O2/c1-2-18(25)21-11-17-23-15-5-3-4-6-16(15)24(17)12-19(26)22-14-9-7-13(20)8-10-14/h3-10H,2,11-12H2,1H3,(H,21,25)(H,22,26). The van der Waals surface area contributed by atoms with Crippen LogP contribution in [0, 0.1) is 0 Å². The first-order valence-corrected chi connectivity index (χ1v) is 9.12. The molecule has 26 heavy (non-hydrogen) atoms. The monoisotopic (exact) mass is 414 g/mol. The van der Waals surface area contributed by atoms with Gasteiger partial charge in [0, 0.05) is 16.6 Å². The molecule has 3 aromatic rings. The minimum absolute atomic E-state index is 0.0529. The van der Waals surface area contributed by atoms with Gasteiger partial charge in [-0.15, -0.1) is 0 Å². The number of halogens is 1. The van der Waals surface area contributed by atoms with Gasteiger partial charge in [-0.2, -0.15) is 0 Å². The number of aromatic nitrogens is 2. The zero-order chi connectivity index (χ0) is 18.5. The average Bonchev–Trinajstić information content (AvgIpc) is 2.99. The first kappa shape index (κ1) is 18.1. The molecule has 0 aliphatic heterocycles. The van der Waals surface area contributed by atoms with Crippen molar-refractivity contribution in [1.29, 1.82) is 0 Å². The number of hydrogen-bond donors (Lipinski definition) is 2. The smallest absolute Gasteiger partial charge is 0.244 e. The van der Waals surface area contributed by atoms with Crippen LogP contribution in [0.3, 0.4) is 0 Å². The molecule has 0 bridgehead atoms. The molecule has 134 valence electrons. The zero-order valence-corrected chi connectivity index (χ0v) is 15.9. The van der Waals surface area contributed by atoms with Gasteiger partial charge in [-0.05, 0) is 36.4 Å². The molecule has 0 saturated carbocycles. The lowest BCUT2D eigenvalue weighted by molar-refractivity contribution is -0.121. The third kappa shape index (κ3) is 4.29. The third-order valence-electron chi connectivity index (χ3n) is 3.93. The molecule has 0 radical (unpaired) electrons. The van der Waals surface area contributed by atoms with E-state index in [0.717, 1.165) is 21.2 Å². The molecule has 7 heteroatoms. The van der Waals surface area contributed by atoms with Gasteiger partial charge in [0.2, 0.25) is 11.8 Å². The third-order valence-corrected chi connectivity index (χ3v) is 4.46. The van der Waals surface area contributed by atoms with E-state index in [1.54, 1.807) is 6.92 Å². The van der Waals surface area contributed by atoms with Crippen LogP contribution in [-0.4, -0.2) is 21.4 Å². The van der Waals surface area contributed by atoms with Crippen LogP contribution < -0.4 is 10.6 Å². The number of para-hydroxylation sites is 2. The Bertz CT molecular complexity index is 934. The molecular formula is C19H19BrN4O2. The fraction of sp³-hybridized carbons (Fsp3) is 0.211. The van der Waals surface area contributed by atoms with Gasteiger partial charge in [0.1, 0.15) is 12.4 Å². The van der Waals surface area contributed by atoms with Crippen LogP contribution in [-0.2, 0) is 22.7 Å². The first-order chi connectivity index (χ1) is 12.6. The van der Waals surface area contributed by atoms with Gasteiger partial charge in [-0.3, -0.25) is 9.59 Å². The lowest BCUT2D eigenvalue weighted by Crippen LogP contribution is -2.26. The van der Waals surface area contributed by atoms with Crippen LogP contribution in [0.2, 0.25) is 0 Å². The molecule has 0 aliphatic carbocycles. The molecule has 0 spiro atoms. The van der Waals surface area contributed by atoms with E-state index < -0.39 is 0 Å². The fourth-order valence-corrected chi connectivity index (χ4v) is 2.88. The zero-order valence-electron chi connectivity index (χ0n) is 14.3. The highest BCUT2D eigenvalue weighted by atomic mass is 79.9. The van der Waals surface area contributed by atoms with Crippen molar-refractivity contribution in [2.45, 2.75) is 26.4 Å². The van der Waals surface area contributed by atoms with Crippen molar-refractivity contribution in [3.05, 3.63) is 58.8 Å². The number of carbonyl (C=O) groups excluding carboxylic acids is 2. The summed E-state index contributed by atoms with van der Waals surface area (Å²) in [6.07, 6.45) is 0.407. The molecule has 0 saturated heterocycles. The highest BCUT2D eigenvalue weighted by Crippen LogP contribution is 2.17. The highest BCUT2D eigenvalue weighted by molar-refractivity contribution is 9.10. The molecule has 0 unspecified atom stereocenters. The number of amides is 2. The van der Waals surface area contributed by atoms with Crippen LogP contribution in [0.15, 0.2) is 53.0 Å². The second-order valence-electron chi connectivity index (χ2n) is 5.79. The van der Waals surface area contributed by atoms with Gasteiger partial charge in [-0.1, -0.05) is 35.0 Å². The van der Waals surface area contributed by atoms with Crippen molar-refractivity contribution in [1.82, 2.24) is 14.9 Å². The van der Waals surface area contributed by atoms with Crippen molar-refractivity contribution in [2.24, 2.45) is 0 Å². The summed E-state index contributed by atoms with van der Waals surface area (Å²) in [6, 6.07) is 15.0. The van der Waals surface area contributed by atoms with Gasteiger partial charge in [0.15, 0.2) is 0 Å². The molecule has 0 fully saturated rings. The summed E-state index contributed by atoms with van der Waals surface area (Å²) in [4.78, 5) is 28.6. The molecular weight excluding hydrogens is 396 g/mol. The van der Waals surface area contributed by atoms with E-state index >= 15 is 0 Å². The normalized spacial score (nSPS) is 10.7. The maximum atomic E-state index is 12.5. The average molecular weight is 415 g/mol. The predicted octanol–water partition coefficient (Wildman–Crippen LogP) is 3.46. The van der Waals surface area contributed by atoms with Crippen LogP contribution in [0.5, 0.6) is 0 Å². The Labute approximate surface area is 159 Å². The van der Waals surface area contributed by atoms with Gasteiger partial charge in [0.05, 0.1) is 17.6 Å². The molecule has 0 aliphatic rings. The topological polar surface area (TPSA) is 76.0 Å². The number of nitrogens with zero attached hydrogens (tertiary/aromatic N) is 2. The summed E-state index contributed by atoms with van der Waals surface area (Å²) in [5.74, 6) is 0.445. The van der Waals surface area contributed by atoms with Gasteiger partial charge < -0.3 is 15.2 Å². The largest absolute Gasteiger partial charge is 0.349 e. The number of anilines is 1. The molecule has 1 heterocycles. The van der Waals surface area contributed by atoms with Crippen LogP contribution in [0.4, 0.5) is 5.69 Å². The fourth-order valence-electron chi connectivity index (χ4n) is 2.62. The Balaban J connectivity index is 1.81. The minimum Gasteiger partial charge on any atom is -0.349 e. The van der Waals surface area contributed by atoms with E-state index in [2.05, 4.69) is 31.5 Å². The molecule has 2 aromatic carbocycles. The Morgan fingerprint density at radius 1 is 1.08 bits per heavy atom. The SMILES string of the molecule is CCC(=O)NCc1nc2ccccc2n1CC(=O)Nc1ccc(Br)cc1. The molecule has 2 N–H and O–H groups in total. The van der Waals surface area contributed by atoms with Crippen LogP contribution in [0.25, 0.3) is 11.0 Å². The second kappa shape index (κ2) is 8.14. The van der Waals surface area contributed by atoms with Gasteiger partial charge >= 0.3 is 0 Å². The number of fused-ring (bicyclic) bond motifs is 1. The number of carbonyl (C=O) groups is 2.